The summed E-state index contributed by atoms with van der Waals surface area (Å²) in [4.78, 5) is 0. The molecule has 0 spiro atoms. The Hall–Kier alpha value is -2.07. The molecule has 21 heavy (non-hydrogen) atoms. The Morgan fingerprint density at radius 3 is 2.48 bits per heavy atom. The van der Waals surface area contributed by atoms with Crippen LogP contribution in [0, 0.1) is 13.8 Å². The lowest BCUT2D eigenvalue weighted by Crippen LogP contribution is -1.89. The molecule has 0 unspecified atom stereocenters. The van der Waals surface area contributed by atoms with Gasteiger partial charge in [-0.25, -0.2) is 0 Å². The first-order valence-electron chi connectivity index (χ1n) is 6.64. The molecule has 1 aromatic heterocycles. The van der Waals surface area contributed by atoms with E-state index in [1.807, 2.05) is 25.1 Å². The molecule has 0 amide bonds. The molecule has 0 atom stereocenters. The minimum Gasteiger partial charge on any atom is -0.367 e. The number of aryl methyl sites for hydroxylation is 2. The highest BCUT2D eigenvalue weighted by Gasteiger charge is 2.18. The van der Waals surface area contributed by atoms with Gasteiger partial charge in [-0.2, -0.15) is 0 Å². The third-order valence-corrected chi connectivity index (χ3v) is 3.80. The summed E-state index contributed by atoms with van der Waals surface area (Å²) in [7, 11) is 0. The lowest BCUT2D eigenvalue weighted by atomic mass is 9.99. The SMILES string of the molecule is Cc1cc(Br)cc(-c2noc(N)c2-c2cccc(C)c2)c1. The lowest BCUT2D eigenvalue weighted by molar-refractivity contribution is 0.439. The Morgan fingerprint density at radius 2 is 1.76 bits per heavy atom. The highest BCUT2D eigenvalue weighted by atomic mass is 79.9. The molecule has 3 rings (SSSR count). The number of nitrogens with zero attached hydrogens (tertiary/aromatic N) is 1. The van der Waals surface area contributed by atoms with Gasteiger partial charge in [0.15, 0.2) is 0 Å². The monoisotopic (exact) mass is 342 g/mol. The van der Waals surface area contributed by atoms with Crippen molar-refractivity contribution in [3.63, 3.8) is 0 Å². The van der Waals surface area contributed by atoms with Crippen molar-refractivity contribution in [1.29, 1.82) is 0 Å². The smallest absolute Gasteiger partial charge is 0.230 e. The number of benzene rings is 2. The normalized spacial score (nSPS) is 10.8. The van der Waals surface area contributed by atoms with Crippen LogP contribution in [0.15, 0.2) is 51.5 Å². The first-order chi connectivity index (χ1) is 10.0. The van der Waals surface area contributed by atoms with Crippen molar-refractivity contribution in [1.82, 2.24) is 5.16 Å². The highest BCUT2D eigenvalue weighted by molar-refractivity contribution is 9.10. The fraction of sp³-hybridized carbons (Fsp3) is 0.118. The largest absolute Gasteiger partial charge is 0.367 e. The van der Waals surface area contributed by atoms with Gasteiger partial charge in [0.25, 0.3) is 0 Å². The molecule has 106 valence electrons. The topological polar surface area (TPSA) is 52.0 Å². The van der Waals surface area contributed by atoms with E-state index in [2.05, 4.69) is 52.3 Å². The number of anilines is 1. The van der Waals surface area contributed by atoms with Crippen molar-refractivity contribution >= 4 is 21.8 Å². The van der Waals surface area contributed by atoms with Gasteiger partial charge < -0.3 is 10.3 Å². The van der Waals surface area contributed by atoms with E-state index in [1.54, 1.807) is 0 Å². The van der Waals surface area contributed by atoms with Crippen molar-refractivity contribution in [2.24, 2.45) is 0 Å². The third-order valence-electron chi connectivity index (χ3n) is 3.34. The summed E-state index contributed by atoms with van der Waals surface area (Å²) in [5.74, 6) is 0.341. The molecule has 3 nitrogen and oxygen atoms in total. The molecular weight excluding hydrogens is 328 g/mol. The molecule has 0 radical (unpaired) electrons. The second-order valence-electron chi connectivity index (χ2n) is 5.16. The van der Waals surface area contributed by atoms with E-state index in [0.717, 1.165) is 32.4 Å². The van der Waals surface area contributed by atoms with Crippen molar-refractivity contribution in [3.05, 3.63) is 58.1 Å². The summed E-state index contributed by atoms with van der Waals surface area (Å²) in [5.41, 5.74) is 11.9. The zero-order valence-electron chi connectivity index (χ0n) is 11.9. The summed E-state index contributed by atoms with van der Waals surface area (Å²) >= 11 is 3.52. The lowest BCUT2D eigenvalue weighted by Gasteiger charge is -2.05. The fourth-order valence-corrected chi connectivity index (χ4v) is 3.06. The number of hydrogen-bond donors (Lipinski definition) is 1. The Kier molecular flexibility index (Phi) is 3.55. The second kappa shape index (κ2) is 5.37. The van der Waals surface area contributed by atoms with Crippen LogP contribution in [-0.4, -0.2) is 5.16 Å². The Bertz CT molecular complexity index is 788. The fourth-order valence-electron chi connectivity index (χ4n) is 2.45. The minimum atomic E-state index is 0.341. The second-order valence-corrected chi connectivity index (χ2v) is 6.07. The zero-order chi connectivity index (χ0) is 15.0. The Labute approximate surface area is 131 Å². The average Bonchev–Trinajstić information content (AvgIpc) is 2.79. The number of nitrogen functional groups attached to an aromatic ring is 1. The van der Waals surface area contributed by atoms with Gasteiger partial charge in [0.1, 0.15) is 5.69 Å². The van der Waals surface area contributed by atoms with E-state index in [9.17, 15) is 0 Å². The average molecular weight is 343 g/mol. The molecular formula is C17H15BrN2O. The van der Waals surface area contributed by atoms with Gasteiger partial charge in [-0.05, 0) is 43.2 Å². The molecule has 0 aliphatic heterocycles. The van der Waals surface area contributed by atoms with Crippen LogP contribution >= 0.6 is 15.9 Å². The maximum Gasteiger partial charge on any atom is 0.230 e. The van der Waals surface area contributed by atoms with E-state index in [0.29, 0.717) is 5.88 Å². The Balaban J connectivity index is 2.21. The first-order valence-corrected chi connectivity index (χ1v) is 7.43. The highest BCUT2D eigenvalue weighted by Crippen LogP contribution is 2.37. The number of nitrogens with two attached hydrogens (primary N) is 1. The molecule has 0 bridgehead atoms. The van der Waals surface area contributed by atoms with Crippen LogP contribution in [-0.2, 0) is 0 Å². The van der Waals surface area contributed by atoms with Crippen LogP contribution in [0.5, 0.6) is 0 Å². The van der Waals surface area contributed by atoms with Crippen LogP contribution < -0.4 is 5.73 Å². The maximum atomic E-state index is 6.00. The van der Waals surface area contributed by atoms with E-state index >= 15 is 0 Å². The summed E-state index contributed by atoms with van der Waals surface area (Å²) in [6.45, 7) is 4.10. The van der Waals surface area contributed by atoms with E-state index in [4.69, 9.17) is 10.3 Å². The zero-order valence-corrected chi connectivity index (χ0v) is 13.4. The molecule has 2 N–H and O–H groups in total. The summed E-state index contributed by atoms with van der Waals surface area (Å²) in [6.07, 6.45) is 0. The predicted molar refractivity (Wildman–Crippen MR) is 89.0 cm³/mol. The van der Waals surface area contributed by atoms with Gasteiger partial charge in [0.05, 0.1) is 5.56 Å². The summed E-state index contributed by atoms with van der Waals surface area (Å²) in [5, 5.41) is 4.15. The molecule has 0 saturated carbocycles. The van der Waals surface area contributed by atoms with Gasteiger partial charge in [-0.3, -0.25) is 0 Å². The van der Waals surface area contributed by atoms with Crippen molar-refractivity contribution < 1.29 is 4.52 Å². The number of rotatable bonds is 2. The van der Waals surface area contributed by atoms with Gasteiger partial charge >= 0.3 is 0 Å². The van der Waals surface area contributed by atoms with Crippen LogP contribution in [0.2, 0.25) is 0 Å². The molecule has 1 heterocycles. The van der Waals surface area contributed by atoms with Crippen LogP contribution in [0.25, 0.3) is 22.4 Å². The van der Waals surface area contributed by atoms with Crippen molar-refractivity contribution in [2.45, 2.75) is 13.8 Å². The van der Waals surface area contributed by atoms with Gasteiger partial charge in [0, 0.05) is 10.0 Å². The quantitative estimate of drug-likeness (QED) is 0.715. The molecule has 0 aliphatic carbocycles. The standard InChI is InChI=1S/C17H15BrN2O/c1-10-4-3-5-12(6-10)15-16(20-21-17(15)19)13-7-11(2)8-14(18)9-13/h3-9H,19H2,1-2H3. The molecule has 0 saturated heterocycles. The number of halogens is 1. The maximum absolute atomic E-state index is 6.00. The van der Waals surface area contributed by atoms with Crippen molar-refractivity contribution in [3.8, 4) is 22.4 Å². The van der Waals surface area contributed by atoms with Crippen molar-refractivity contribution in [2.75, 3.05) is 5.73 Å². The Morgan fingerprint density at radius 1 is 1.00 bits per heavy atom. The summed E-state index contributed by atoms with van der Waals surface area (Å²) < 4.78 is 6.25. The van der Waals surface area contributed by atoms with E-state index in [1.165, 1.54) is 5.56 Å². The number of hydrogen-bond acceptors (Lipinski definition) is 3. The number of aromatic nitrogens is 1. The van der Waals surface area contributed by atoms with Crippen LogP contribution in [0.4, 0.5) is 5.88 Å². The van der Waals surface area contributed by atoms with Crippen LogP contribution in [0.3, 0.4) is 0 Å². The first kappa shape index (κ1) is 13.9. The third kappa shape index (κ3) is 2.72. The summed E-state index contributed by atoms with van der Waals surface area (Å²) in [6, 6.07) is 14.3. The van der Waals surface area contributed by atoms with Gasteiger partial charge in [-0.1, -0.05) is 50.9 Å². The molecule has 2 aromatic carbocycles. The van der Waals surface area contributed by atoms with E-state index in [-0.39, 0.29) is 0 Å². The molecule has 0 aliphatic rings. The predicted octanol–water partition coefficient (Wildman–Crippen LogP) is 4.97. The van der Waals surface area contributed by atoms with Gasteiger partial charge in [0.2, 0.25) is 5.88 Å². The molecule has 3 aromatic rings. The van der Waals surface area contributed by atoms with Crippen LogP contribution in [0.1, 0.15) is 11.1 Å². The minimum absolute atomic E-state index is 0.341. The van der Waals surface area contributed by atoms with Gasteiger partial charge in [-0.15, -0.1) is 0 Å². The molecule has 0 fully saturated rings. The van der Waals surface area contributed by atoms with E-state index < -0.39 is 0 Å². The molecule has 4 heteroatoms.